The number of alkyl halides is 3. The van der Waals surface area contributed by atoms with Crippen molar-refractivity contribution in [3.05, 3.63) is 35.9 Å². The number of carbonyl (C=O) groups excluding carboxylic acids is 5. The molecule has 1 saturated carbocycles. The topological polar surface area (TPSA) is 236 Å². The van der Waals surface area contributed by atoms with Crippen molar-refractivity contribution in [1.82, 2.24) is 20.9 Å². The number of rotatable bonds is 11. The highest BCUT2D eigenvalue weighted by Gasteiger charge is 2.39. The van der Waals surface area contributed by atoms with E-state index in [1.165, 1.54) is 0 Å². The predicted molar refractivity (Wildman–Crippen MR) is 202 cm³/mol. The molecular weight excluding hydrogens is 771 g/mol. The van der Waals surface area contributed by atoms with E-state index in [0.29, 0.717) is 52.1 Å². The first-order chi connectivity index (χ1) is 27.3. The Bertz CT molecular complexity index is 1500. The summed E-state index contributed by atoms with van der Waals surface area (Å²) in [7, 11) is 0. The molecule has 2 saturated heterocycles. The second-order valence-corrected chi connectivity index (χ2v) is 15.7. The van der Waals surface area contributed by atoms with E-state index in [1.807, 2.05) is 30.3 Å². The third-order valence-electron chi connectivity index (χ3n) is 9.85. The summed E-state index contributed by atoms with van der Waals surface area (Å²) in [5.74, 6) is -5.86. The number of carboxylic acid groups (broad SMARTS) is 1. The Hall–Kier alpha value is -4.33. The average molecular weight is 830 g/mol. The Balaban J connectivity index is 0.00000117. The maximum atomic E-state index is 13.9. The van der Waals surface area contributed by atoms with Crippen LogP contribution in [-0.4, -0.2) is 132 Å². The van der Waals surface area contributed by atoms with Gasteiger partial charge < -0.3 is 46.1 Å². The lowest BCUT2D eigenvalue weighted by molar-refractivity contribution is -0.192. The molecule has 1 aromatic carbocycles. The number of esters is 2. The van der Waals surface area contributed by atoms with E-state index < -0.39 is 84.3 Å². The minimum Gasteiger partial charge on any atom is -0.475 e. The summed E-state index contributed by atoms with van der Waals surface area (Å²) in [6.07, 6.45) is -1.30. The van der Waals surface area contributed by atoms with Gasteiger partial charge in [-0.3, -0.25) is 24.1 Å². The Morgan fingerprint density at radius 2 is 1.64 bits per heavy atom. The smallest absolute Gasteiger partial charge is 0.475 e. The molecule has 1 aromatic rings. The molecule has 3 aliphatic rings. The number of benzene rings is 1. The SMILES string of the molecule is CC(C)(N)CC(=O)N[C@@H](Cc1ccccc1)C(=O)N[C@H]1COC(=O)CCC[C@H](CN2CCOCC2)OC(=O)[C@H](O)[C@H](CC2CCCCC2)NC1=O.O=C(O)C(F)(F)F. The molecule has 2 aliphatic heterocycles. The summed E-state index contributed by atoms with van der Waals surface area (Å²) in [6.45, 7) is 5.82. The van der Waals surface area contributed by atoms with E-state index in [2.05, 4.69) is 20.9 Å². The number of nitrogens with zero attached hydrogens (tertiary/aromatic N) is 1. The minimum absolute atomic E-state index is 0.00608. The number of carbonyl (C=O) groups is 6. The fourth-order valence-electron chi connectivity index (χ4n) is 6.89. The first-order valence-corrected chi connectivity index (χ1v) is 19.7. The largest absolute Gasteiger partial charge is 0.490 e. The number of ether oxygens (including phenoxy) is 3. The first kappa shape index (κ1) is 48.0. The maximum absolute atomic E-state index is 13.9. The number of carboxylic acids is 1. The molecular formula is C39H58F3N5O11. The summed E-state index contributed by atoms with van der Waals surface area (Å²) in [4.78, 5) is 78.1. The van der Waals surface area contributed by atoms with Crippen molar-refractivity contribution >= 4 is 35.6 Å². The molecule has 58 heavy (non-hydrogen) atoms. The van der Waals surface area contributed by atoms with Crippen molar-refractivity contribution in [3.8, 4) is 0 Å². The molecule has 16 nitrogen and oxygen atoms in total. The van der Waals surface area contributed by atoms with Crippen LogP contribution in [0.1, 0.15) is 83.6 Å². The molecule has 2 heterocycles. The van der Waals surface area contributed by atoms with Gasteiger partial charge in [0, 0.05) is 44.4 Å². The zero-order chi connectivity index (χ0) is 42.9. The van der Waals surface area contributed by atoms with E-state index in [4.69, 9.17) is 29.8 Å². The van der Waals surface area contributed by atoms with Crippen molar-refractivity contribution in [3.63, 3.8) is 0 Å². The molecule has 0 bridgehead atoms. The highest BCUT2D eigenvalue weighted by atomic mass is 19.4. The van der Waals surface area contributed by atoms with Gasteiger partial charge in [-0.25, -0.2) is 9.59 Å². The molecule has 0 spiro atoms. The highest BCUT2D eigenvalue weighted by Crippen LogP contribution is 2.28. The maximum Gasteiger partial charge on any atom is 0.490 e. The van der Waals surface area contributed by atoms with Crippen molar-refractivity contribution in [1.29, 1.82) is 0 Å². The van der Waals surface area contributed by atoms with Crippen molar-refractivity contribution in [2.24, 2.45) is 11.7 Å². The molecule has 0 radical (unpaired) electrons. The average Bonchev–Trinajstić information content (AvgIpc) is 3.15. The van der Waals surface area contributed by atoms with E-state index in [9.17, 15) is 42.3 Å². The number of hydrogen-bond acceptors (Lipinski definition) is 12. The molecule has 5 atom stereocenters. The molecule has 4 rings (SSSR count). The van der Waals surface area contributed by atoms with Gasteiger partial charge in [-0.2, -0.15) is 13.2 Å². The number of nitrogens with one attached hydrogen (secondary N) is 3. The van der Waals surface area contributed by atoms with Crippen LogP contribution in [0.15, 0.2) is 30.3 Å². The number of aliphatic hydroxyl groups is 1. The van der Waals surface area contributed by atoms with Crippen LogP contribution in [-0.2, 0) is 49.4 Å². The van der Waals surface area contributed by atoms with E-state index in [-0.39, 0.29) is 25.2 Å². The monoisotopic (exact) mass is 829 g/mol. The number of amides is 3. The number of halogens is 3. The van der Waals surface area contributed by atoms with Crippen LogP contribution in [0.25, 0.3) is 0 Å². The van der Waals surface area contributed by atoms with Gasteiger partial charge in [0.05, 0.1) is 19.3 Å². The van der Waals surface area contributed by atoms with Crippen LogP contribution >= 0.6 is 0 Å². The van der Waals surface area contributed by atoms with Gasteiger partial charge in [0.1, 0.15) is 24.8 Å². The normalized spacial score (nSPS) is 24.0. The number of cyclic esters (lactones) is 2. The zero-order valence-corrected chi connectivity index (χ0v) is 33.1. The number of aliphatic carboxylic acids is 1. The van der Waals surface area contributed by atoms with E-state index >= 15 is 0 Å². The molecule has 0 unspecified atom stereocenters. The van der Waals surface area contributed by atoms with Crippen molar-refractivity contribution in [2.75, 3.05) is 39.5 Å². The Morgan fingerprint density at radius 1 is 1.00 bits per heavy atom. The predicted octanol–water partition coefficient (Wildman–Crippen LogP) is 1.75. The van der Waals surface area contributed by atoms with Gasteiger partial charge in [-0.05, 0) is 44.6 Å². The standard InChI is InChI=1S/C37H57N5O9.C2HF3O2/c1-37(2,38)22-31(43)39-29(21-26-12-7-4-8-13-26)34(46)41-30-24-50-32(44)15-9-14-27(23-42-16-18-49-19-17-42)51-36(48)33(45)28(40-35(30)47)20-25-10-5-3-6-11-25;3-2(4,5)1(6)7/h4,7-8,12-13,25,27-30,33,45H,3,5-6,9-11,14-24,38H2,1-2H3,(H,39,43)(H,40,47)(H,41,46);(H,6,7)/t27-,28+,29+,30+,33-;/m1./s1. The minimum atomic E-state index is -5.08. The van der Waals surface area contributed by atoms with Crippen LogP contribution in [0, 0.1) is 5.92 Å². The first-order valence-electron chi connectivity index (χ1n) is 19.7. The summed E-state index contributed by atoms with van der Waals surface area (Å²) in [5, 5.41) is 26.8. The number of morpholine rings is 1. The highest BCUT2D eigenvalue weighted by molar-refractivity contribution is 5.93. The lowest BCUT2D eigenvalue weighted by atomic mass is 9.83. The van der Waals surface area contributed by atoms with Gasteiger partial charge in [-0.1, -0.05) is 62.4 Å². The Morgan fingerprint density at radius 3 is 2.24 bits per heavy atom. The van der Waals surface area contributed by atoms with Gasteiger partial charge in [0.2, 0.25) is 17.7 Å². The zero-order valence-electron chi connectivity index (χ0n) is 33.1. The molecule has 1 aliphatic carbocycles. The van der Waals surface area contributed by atoms with E-state index in [1.54, 1.807) is 13.8 Å². The summed E-state index contributed by atoms with van der Waals surface area (Å²) in [6, 6.07) is 5.62. The van der Waals surface area contributed by atoms with Crippen molar-refractivity contribution < 1.29 is 66.4 Å². The lowest BCUT2D eigenvalue weighted by Gasteiger charge is -2.33. The quantitative estimate of drug-likeness (QED) is 0.175. The van der Waals surface area contributed by atoms with Crippen LogP contribution in [0.5, 0.6) is 0 Å². The van der Waals surface area contributed by atoms with Crippen LogP contribution in [0.2, 0.25) is 0 Å². The second-order valence-electron chi connectivity index (χ2n) is 15.7. The molecule has 326 valence electrons. The van der Waals surface area contributed by atoms with Gasteiger partial charge in [-0.15, -0.1) is 0 Å². The third kappa shape index (κ3) is 18.1. The van der Waals surface area contributed by atoms with Gasteiger partial charge >= 0.3 is 24.1 Å². The molecule has 19 heteroatoms. The Labute approximate surface area is 336 Å². The van der Waals surface area contributed by atoms with Gasteiger partial charge in [0.25, 0.3) is 0 Å². The molecule has 3 fully saturated rings. The number of hydrogen-bond donors (Lipinski definition) is 6. The molecule has 0 aromatic heterocycles. The fourth-order valence-corrected chi connectivity index (χ4v) is 6.89. The van der Waals surface area contributed by atoms with Crippen LogP contribution < -0.4 is 21.7 Å². The van der Waals surface area contributed by atoms with Crippen LogP contribution in [0.4, 0.5) is 13.2 Å². The molecule has 3 amide bonds. The van der Waals surface area contributed by atoms with Crippen molar-refractivity contribution in [2.45, 2.75) is 127 Å². The van der Waals surface area contributed by atoms with E-state index in [0.717, 1.165) is 37.7 Å². The van der Waals surface area contributed by atoms with Crippen LogP contribution in [0.3, 0.4) is 0 Å². The molecule has 7 N–H and O–H groups in total. The number of aliphatic hydroxyl groups excluding tert-OH is 1. The lowest BCUT2D eigenvalue weighted by Crippen LogP contribution is -2.59. The Kier molecular flexibility index (Phi) is 19.3. The summed E-state index contributed by atoms with van der Waals surface area (Å²) in [5.41, 5.74) is 6.00. The summed E-state index contributed by atoms with van der Waals surface area (Å²) < 4.78 is 48.6. The van der Waals surface area contributed by atoms with Gasteiger partial charge in [0.15, 0.2) is 6.10 Å². The summed E-state index contributed by atoms with van der Waals surface area (Å²) >= 11 is 0. The number of nitrogens with two attached hydrogens (primary N) is 1. The third-order valence-corrected chi connectivity index (χ3v) is 9.85. The second kappa shape index (κ2) is 23.3. The fraction of sp³-hybridized carbons (Fsp3) is 0.692.